The molecule has 0 aliphatic carbocycles. The van der Waals surface area contributed by atoms with Crippen LogP contribution in [0.25, 0.3) is 0 Å². The fourth-order valence-electron chi connectivity index (χ4n) is 4.01. The van der Waals surface area contributed by atoms with E-state index in [-0.39, 0.29) is 5.91 Å². The molecule has 2 aliphatic rings. The summed E-state index contributed by atoms with van der Waals surface area (Å²) in [7, 11) is 2.14. The predicted molar refractivity (Wildman–Crippen MR) is 127 cm³/mol. The first-order valence-corrected chi connectivity index (χ1v) is 11.8. The number of nitrogens with zero attached hydrogens (tertiary/aromatic N) is 1. The lowest BCUT2D eigenvalue weighted by molar-refractivity contribution is 0.0392. The third-order valence-electron chi connectivity index (χ3n) is 5.94. The average Bonchev–Trinajstić information content (AvgIpc) is 3.09. The SMILES string of the molecule is CN(CCOc1cccc(CNC(=O)c2cc(Cl)c3c(c2)OCCCO3)c1)C1CCOCC1. The summed E-state index contributed by atoms with van der Waals surface area (Å²) < 4.78 is 22.7. The van der Waals surface area contributed by atoms with Gasteiger partial charge in [-0.05, 0) is 49.7 Å². The summed E-state index contributed by atoms with van der Waals surface area (Å²) in [6, 6.07) is 11.6. The molecule has 0 bridgehead atoms. The van der Waals surface area contributed by atoms with Crippen LogP contribution in [0.4, 0.5) is 0 Å². The van der Waals surface area contributed by atoms with Crippen LogP contribution in [-0.4, -0.2) is 63.5 Å². The van der Waals surface area contributed by atoms with Gasteiger partial charge in [-0.25, -0.2) is 0 Å². The van der Waals surface area contributed by atoms with Crippen molar-refractivity contribution in [3.63, 3.8) is 0 Å². The summed E-state index contributed by atoms with van der Waals surface area (Å²) in [6.07, 6.45) is 2.91. The average molecular weight is 475 g/mol. The van der Waals surface area contributed by atoms with E-state index in [0.29, 0.717) is 54.5 Å². The van der Waals surface area contributed by atoms with Crippen LogP contribution in [-0.2, 0) is 11.3 Å². The summed E-state index contributed by atoms with van der Waals surface area (Å²) >= 11 is 6.31. The third kappa shape index (κ3) is 6.53. The van der Waals surface area contributed by atoms with Gasteiger partial charge in [0, 0.05) is 44.3 Å². The fourth-order valence-corrected chi connectivity index (χ4v) is 4.27. The Kier molecular flexibility index (Phi) is 8.31. The molecular weight excluding hydrogens is 444 g/mol. The Bertz CT molecular complexity index is 948. The standard InChI is InChI=1S/C25H31ClN2O5/c1-28(20-6-11-30-12-7-20)8-13-31-21-5-2-4-18(14-21)17-27-25(29)19-15-22(26)24-23(16-19)32-9-3-10-33-24/h2,4-5,14-16,20H,3,6-13,17H2,1H3,(H,27,29). The molecule has 178 valence electrons. The topological polar surface area (TPSA) is 69.3 Å². The van der Waals surface area contributed by atoms with Crippen molar-refractivity contribution in [3.05, 3.63) is 52.5 Å². The van der Waals surface area contributed by atoms with Crippen molar-refractivity contribution in [2.75, 3.05) is 46.6 Å². The molecule has 0 spiro atoms. The van der Waals surface area contributed by atoms with Gasteiger partial charge in [-0.1, -0.05) is 23.7 Å². The Morgan fingerprint density at radius 3 is 2.82 bits per heavy atom. The molecule has 4 rings (SSSR count). The van der Waals surface area contributed by atoms with Gasteiger partial charge in [0.1, 0.15) is 12.4 Å². The second-order valence-corrected chi connectivity index (χ2v) is 8.75. The summed E-state index contributed by atoms with van der Waals surface area (Å²) in [5.41, 5.74) is 1.40. The number of fused-ring (bicyclic) bond motifs is 1. The Hall–Kier alpha value is -2.48. The lowest BCUT2D eigenvalue weighted by atomic mass is 10.1. The van der Waals surface area contributed by atoms with Crippen molar-refractivity contribution >= 4 is 17.5 Å². The summed E-state index contributed by atoms with van der Waals surface area (Å²) in [5, 5.41) is 3.32. The number of nitrogens with one attached hydrogen (secondary N) is 1. The number of hydrogen-bond donors (Lipinski definition) is 1. The van der Waals surface area contributed by atoms with E-state index in [0.717, 1.165) is 50.3 Å². The number of carbonyl (C=O) groups is 1. The number of likely N-dealkylation sites (N-methyl/N-ethyl adjacent to an activating group) is 1. The van der Waals surface area contributed by atoms with Crippen molar-refractivity contribution in [2.45, 2.75) is 31.8 Å². The molecule has 0 unspecified atom stereocenters. The number of halogens is 1. The van der Waals surface area contributed by atoms with Crippen molar-refractivity contribution in [2.24, 2.45) is 0 Å². The summed E-state index contributed by atoms with van der Waals surface area (Å²) in [4.78, 5) is 15.1. The van der Waals surface area contributed by atoms with Crippen LogP contribution in [0.3, 0.4) is 0 Å². The summed E-state index contributed by atoms with van der Waals surface area (Å²) in [5.74, 6) is 1.57. The van der Waals surface area contributed by atoms with Gasteiger partial charge < -0.3 is 24.3 Å². The van der Waals surface area contributed by atoms with Gasteiger partial charge in [0.15, 0.2) is 11.5 Å². The van der Waals surface area contributed by atoms with E-state index in [2.05, 4.69) is 17.3 Å². The molecule has 7 nitrogen and oxygen atoms in total. The van der Waals surface area contributed by atoms with E-state index in [1.165, 1.54) is 0 Å². The largest absolute Gasteiger partial charge is 0.492 e. The van der Waals surface area contributed by atoms with Gasteiger partial charge >= 0.3 is 0 Å². The zero-order valence-corrected chi connectivity index (χ0v) is 19.7. The van der Waals surface area contributed by atoms with E-state index < -0.39 is 0 Å². The van der Waals surface area contributed by atoms with Crippen LogP contribution in [0, 0.1) is 0 Å². The molecule has 2 aliphatic heterocycles. The zero-order chi connectivity index (χ0) is 23.0. The van der Waals surface area contributed by atoms with E-state index >= 15 is 0 Å². The molecule has 0 aromatic heterocycles. The van der Waals surface area contributed by atoms with Gasteiger partial charge in [0.05, 0.1) is 18.2 Å². The molecular formula is C25H31ClN2O5. The molecule has 2 heterocycles. The Balaban J connectivity index is 1.28. The maximum absolute atomic E-state index is 12.7. The second kappa shape index (κ2) is 11.6. The first-order chi connectivity index (χ1) is 16.1. The lowest BCUT2D eigenvalue weighted by Crippen LogP contribution is -2.38. The monoisotopic (exact) mass is 474 g/mol. The number of hydrogen-bond acceptors (Lipinski definition) is 6. The van der Waals surface area contributed by atoms with Gasteiger partial charge in [0.2, 0.25) is 0 Å². The summed E-state index contributed by atoms with van der Waals surface area (Å²) in [6.45, 7) is 4.60. The number of ether oxygens (including phenoxy) is 4. The first-order valence-electron chi connectivity index (χ1n) is 11.5. The van der Waals surface area contributed by atoms with E-state index in [1.807, 2.05) is 24.3 Å². The van der Waals surface area contributed by atoms with Gasteiger partial charge in [-0.2, -0.15) is 0 Å². The van der Waals surface area contributed by atoms with Crippen molar-refractivity contribution in [1.82, 2.24) is 10.2 Å². The van der Waals surface area contributed by atoms with Crippen LogP contribution in [0.5, 0.6) is 17.2 Å². The highest BCUT2D eigenvalue weighted by atomic mass is 35.5. The van der Waals surface area contributed by atoms with Crippen LogP contribution in [0.2, 0.25) is 5.02 Å². The fraction of sp³-hybridized carbons (Fsp3) is 0.480. The molecule has 0 atom stereocenters. The van der Waals surface area contributed by atoms with E-state index in [9.17, 15) is 4.79 Å². The van der Waals surface area contributed by atoms with Crippen LogP contribution in [0.1, 0.15) is 35.2 Å². The minimum atomic E-state index is -0.225. The van der Waals surface area contributed by atoms with E-state index in [1.54, 1.807) is 12.1 Å². The lowest BCUT2D eigenvalue weighted by Gasteiger charge is -2.31. The highest BCUT2D eigenvalue weighted by Crippen LogP contribution is 2.38. The molecule has 33 heavy (non-hydrogen) atoms. The smallest absolute Gasteiger partial charge is 0.251 e. The molecule has 2 aromatic carbocycles. The van der Waals surface area contributed by atoms with Crippen LogP contribution < -0.4 is 19.5 Å². The van der Waals surface area contributed by atoms with Crippen molar-refractivity contribution in [1.29, 1.82) is 0 Å². The highest BCUT2D eigenvalue weighted by Gasteiger charge is 2.19. The van der Waals surface area contributed by atoms with Crippen molar-refractivity contribution < 1.29 is 23.7 Å². The number of amides is 1. The Morgan fingerprint density at radius 1 is 1.15 bits per heavy atom. The highest BCUT2D eigenvalue weighted by molar-refractivity contribution is 6.32. The number of rotatable bonds is 8. The van der Waals surface area contributed by atoms with Crippen LogP contribution >= 0.6 is 11.6 Å². The minimum absolute atomic E-state index is 0.225. The molecule has 2 aromatic rings. The molecule has 0 saturated carbocycles. The normalized spacial score (nSPS) is 16.3. The zero-order valence-electron chi connectivity index (χ0n) is 19.0. The number of benzene rings is 2. The first kappa shape index (κ1) is 23.7. The molecule has 1 fully saturated rings. The second-order valence-electron chi connectivity index (χ2n) is 8.34. The maximum Gasteiger partial charge on any atom is 0.251 e. The van der Waals surface area contributed by atoms with E-state index in [4.69, 9.17) is 30.5 Å². The molecule has 1 N–H and O–H groups in total. The third-order valence-corrected chi connectivity index (χ3v) is 6.22. The maximum atomic E-state index is 12.7. The van der Waals surface area contributed by atoms with Crippen molar-refractivity contribution in [3.8, 4) is 17.2 Å². The number of carbonyl (C=O) groups excluding carboxylic acids is 1. The molecule has 1 amide bonds. The molecule has 1 saturated heterocycles. The molecule has 8 heteroatoms. The van der Waals surface area contributed by atoms with Gasteiger partial charge in [0.25, 0.3) is 5.91 Å². The van der Waals surface area contributed by atoms with Gasteiger partial charge in [-0.15, -0.1) is 0 Å². The van der Waals surface area contributed by atoms with Gasteiger partial charge in [-0.3, -0.25) is 9.69 Å². The quantitative estimate of drug-likeness (QED) is 0.625. The Labute approximate surface area is 199 Å². The molecule has 0 radical (unpaired) electrons. The Morgan fingerprint density at radius 2 is 1.97 bits per heavy atom. The predicted octanol–water partition coefficient (Wildman–Crippen LogP) is 3.92. The minimum Gasteiger partial charge on any atom is -0.492 e. The van der Waals surface area contributed by atoms with Crippen LogP contribution in [0.15, 0.2) is 36.4 Å².